The molecule has 86 valence electrons. The largest absolute Gasteiger partial charge is 0.508 e. The smallest absolute Gasteiger partial charge is 0.124 e. The summed E-state index contributed by atoms with van der Waals surface area (Å²) in [6.07, 6.45) is 1.45. The Kier molecular flexibility index (Phi) is 2.96. The molecule has 0 spiro atoms. The molecule has 0 fully saturated rings. The summed E-state index contributed by atoms with van der Waals surface area (Å²) >= 11 is 0. The number of rotatable bonds is 2. The molecule has 0 heterocycles. The number of aromatic hydroxyl groups is 3. The molecule has 0 aliphatic carbocycles. The van der Waals surface area contributed by atoms with Crippen molar-refractivity contribution in [1.29, 1.82) is 0 Å². The zero-order valence-electron chi connectivity index (χ0n) is 8.91. The summed E-state index contributed by atoms with van der Waals surface area (Å²) in [6.45, 7) is 0. The Hall–Kier alpha value is -2.49. The summed E-state index contributed by atoms with van der Waals surface area (Å²) in [5, 5.41) is 27.9. The van der Waals surface area contributed by atoms with Gasteiger partial charge in [-0.2, -0.15) is 0 Å². The lowest BCUT2D eigenvalue weighted by atomic mass is 10.2. The highest BCUT2D eigenvalue weighted by molar-refractivity contribution is 5.85. The molecule has 0 bridgehead atoms. The average Bonchev–Trinajstić information content (AvgIpc) is 2.32. The molecular formula is C13H11NO3. The van der Waals surface area contributed by atoms with Crippen LogP contribution in [0, 0.1) is 0 Å². The minimum atomic E-state index is 0.0466. The first-order valence-corrected chi connectivity index (χ1v) is 5.00. The number of aliphatic imine (C=N–C) groups is 1. The van der Waals surface area contributed by atoms with E-state index in [0.717, 1.165) is 0 Å². The fourth-order valence-corrected chi connectivity index (χ4v) is 1.33. The van der Waals surface area contributed by atoms with E-state index in [1.165, 1.54) is 36.5 Å². The summed E-state index contributed by atoms with van der Waals surface area (Å²) in [6, 6.07) is 10.5. The molecule has 17 heavy (non-hydrogen) atoms. The number of nitrogens with zero attached hydrogens (tertiary/aromatic N) is 1. The standard InChI is InChI=1S/C13H11NO3/c15-11-3-1-10(2-4-11)14-8-9-7-12(16)5-6-13(9)17/h1-8,15-17H. The van der Waals surface area contributed by atoms with E-state index in [1.54, 1.807) is 12.1 Å². The molecule has 0 aromatic heterocycles. The average molecular weight is 229 g/mol. The minimum absolute atomic E-state index is 0.0466. The molecule has 2 rings (SSSR count). The molecule has 4 nitrogen and oxygen atoms in total. The van der Waals surface area contributed by atoms with Crippen LogP contribution in [0.1, 0.15) is 5.56 Å². The Morgan fingerprint density at radius 2 is 1.47 bits per heavy atom. The van der Waals surface area contributed by atoms with Gasteiger partial charge in [0.05, 0.1) is 5.69 Å². The topological polar surface area (TPSA) is 73.1 Å². The van der Waals surface area contributed by atoms with Crippen molar-refractivity contribution >= 4 is 11.9 Å². The van der Waals surface area contributed by atoms with Crippen LogP contribution in [0.2, 0.25) is 0 Å². The summed E-state index contributed by atoms with van der Waals surface area (Å²) < 4.78 is 0. The van der Waals surface area contributed by atoms with Crippen LogP contribution in [0.25, 0.3) is 0 Å². The van der Waals surface area contributed by atoms with Gasteiger partial charge in [-0.05, 0) is 42.5 Å². The molecular weight excluding hydrogens is 218 g/mol. The van der Waals surface area contributed by atoms with E-state index >= 15 is 0 Å². The highest BCUT2D eigenvalue weighted by Crippen LogP contribution is 2.22. The van der Waals surface area contributed by atoms with E-state index < -0.39 is 0 Å². The number of phenols is 3. The second-order valence-electron chi connectivity index (χ2n) is 3.52. The molecule has 0 saturated carbocycles. The zero-order valence-corrected chi connectivity index (χ0v) is 8.91. The van der Waals surface area contributed by atoms with Crippen molar-refractivity contribution in [3.05, 3.63) is 48.0 Å². The number of hydrogen-bond acceptors (Lipinski definition) is 4. The molecule has 2 aromatic carbocycles. The van der Waals surface area contributed by atoms with E-state index in [4.69, 9.17) is 5.11 Å². The summed E-state index contributed by atoms with van der Waals surface area (Å²) in [5.41, 5.74) is 1.07. The molecule has 0 atom stereocenters. The maximum Gasteiger partial charge on any atom is 0.124 e. The summed E-state index contributed by atoms with van der Waals surface area (Å²) in [7, 11) is 0. The van der Waals surface area contributed by atoms with Crippen molar-refractivity contribution in [3.63, 3.8) is 0 Å². The molecule has 2 aromatic rings. The van der Waals surface area contributed by atoms with Gasteiger partial charge in [-0.3, -0.25) is 4.99 Å². The van der Waals surface area contributed by atoms with Crippen molar-refractivity contribution in [2.24, 2.45) is 4.99 Å². The predicted molar refractivity (Wildman–Crippen MR) is 65.1 cm³/mol. The van der Waals surface area contributed by atoms with E-state index in [-0.39, 0.29) is 17.2 Å². The fourth-order valence-electron chi connectivity index (χ4n) is 1.33. The van der Waals surface area contributed by atoms with Crippen LogP contribution in [0.5, 0.6) is 17.2 Å². The van der Waals surface area contributed by atoms with Crippen LogP contribution in [0.15, 0.2) is 47.5 Å². The predicted octanol–water partition coefficient (Wildman–Crippen LogP) is 2.55. The molecule has 0 aliphatic heterocycles. The zero-order chi connectivity index (χ0) is 12.3. The minimum Gasteiger partial charge on any atom is -0.508 e. The van der Waals surface area contributed by atoms with Gasteiger partial charge in [-0.15, -0.1) is 0 Å². The third-order valence-corrected chi connectivity index (χ3v) is 2.21. The van der Waals surface area contributed by atoms with E-state index in [9.17, 15) is 10.2 Å². The molecule has 3 N–H and O–H groups in total. The van der Waals surface area contributed by atoms with Gasteiger partial charge >= 0.3 is 0 Å². The monoisotopic (exact) mass is 229 g/mol. The number of phenolic OH excluding ortho intramolecular Hbond substituents is 3. The maximum absolute atomic E-state index is 9.51. The van der Waals surface area contributed by atoms with Gasteiger partial charge < -0.3 is 15.3 Å². The van der Waals surface area contributed by atoms with Crippen molar-refractivity contribution in [3.8, 4) is 17.2 Å². The van der Waals surface area contributed by atoms with Crippen molar-refractivity contribution in [2.75, 3.05) is 0 Å². The van der Waals surface area contributed by atoms with Crippen molar-refractivity contribution < 1.29 is 15.3 Å². The lowest BCUT2D eigenvalue weighted by Gasteiger charge is -1.99. The normalized spacial score (nSPS) is 10.8. The van der Waals surface area contributed by atoms with E-state index in [2.05, 4.69) is 4.99 Å². The second-order valence-corrected chi connectivity index (χ2v) is 3.52. The quantitative estimate of drug-likeness (QED) is 0.547. The highest BCUT2D eigenvalue weighted by Gasteiger charge is 1.99. The highest BCUT2D eigenvalue weighted by atomic mass is 16.3. The van der Waals surface area contributed by atoms with Crippen LogP contribution in [0.3, 0.4) is 0 Å². The van der Waals surface area contributed by atoms with Gasteiger partial charge in [0, 0.05) is 11.8 Å². The van der Waals surface area contributed by atoms with E-state index in [1.807, 2.05) is 0 Å². The Labute approximate surface area is 98.1 Å². The molecule has 0 unspecified atom stereocenters. The molecule has 4 heteroatoms. The van der Waals surface area contributed by atoms with Crippen LogP contribution >= 0.6 is 0 Å². The third-order valence-electron chi connectivity index (χ3n) is 2.21. The lowest BCUT2D eigenvalue weighted by molar-refractivity contribution is 0.459. The van der Waals surface area contributed by atoms with Gasteiger partial charge in [-0.1, -0.05) is 0 Å². The van der Waals surface area contributed by atoms with Crippen LogP contribution in [-0.4, -0.2) is 21.5 Å². The molecule has 0 saturated heterocycles. The van der Waals surface area contributed by atoms with Gasteiger partial charge in [0.25, 0.3) is 0 Å². The second kappa shape index (κ2) is 4.57. The first-order valence-electron chi connectivity index (χ1n) is 5.00. The lowest BCUT2D eigenvalue weighted by Crippen LogP contribution is -1.81. The summed E-state index contributed by atoms with van der Waals surface area (Å²) in [5.74, 6) is 0.282. The van der Waals surface area contributed by atoms with Gasteiger partial charge in [0.1, 0.15) is 17.2 Å². The Morgan fingerprint density at radius 3 is 2.18 bits per heavy atom. The Morgan fingerprint density at radius 1 is 0.824 bits per heavy atom. The first-order chi connectivity index (χ1) is 8.15. The van der Waals surface area contributed by atoms with Crippen molar-refractivity contribution in [2.45, 2.75) is 0 Å². The maximum atomic E-state index is 9.51. The fraction of sp³-hybridized carbons (Fsp3) is 0. The molecule has 0 amide bonds. The first kappa shape index (κ1) is 11.0. The molecule has 0 radical (unpaired) electrons. The van der Waals surface area contributed by atoms with Crippen LogP contribution in [-0.2, 0) is 0 Å². The third kappa shape index (κ3) is 2.75. The van der Waals surface area contributed by atoms with Gasteiger partial charge in [0.2, 0.25) is 0 Å². The van der Waals surface area contributed by atoms with Gasteiger partial charge in [-0.25, -0.2) is 0 Å². The summed E-state index contributed by atoms with van der Waals surface area (Å²) in [4.78, 5) is 4.11. The van der Waals surface area contributed by atoms with Crippen LogP contribution < -0.4 is 0 Å². The Balaban J connectivity index is 2.25. The van der Waals surface area contributed by atoms with E-state index in [0.29, 0.717) is 11.3 Å². The van der Waals surface area contributed by atoms with Crippen molar-refractivity contribution in [1.82, 2.24) is 0 Å². The Bertz CT molecular complexity index is 547. The SMILES string of the molecule is Oc1ccc(N=Cc2cc(O)ccc2O)cc1. The number of hydrogen-bond donors (Lipinski definition) is 3. The van der Waals surface area contributed by atoms with Crippen LogP contribution in [0.4, 0.5) is 5.69 Å². The van der Waals surface area contributed by atoms with Gasteiger partial charge in [0.15, 0.2) is 0 Å². The molecule has 0 aliphatic rings. The number of benzene rings is 2.